The Labute approximate surface area is 145 Å². The van der Waals surface area contributed by atoms with E-state index in [4.69, 9.17) is 9.47 Å². The fourth-order valence-electron chi connectivity index (χ4n) is 3.48. The molecule has 0 unspecified atom stereocenters. The van der Waals surface area contributed by atoms with Crippen LogP contribution < -0.4 is 0 Å². The zero-order chi connectivity index (χ0) is 18.4. The van der Waals surface area contributed by atoms with Crippen molar-refractivity contribution in [2.24, 2.45) is 5.92 Å². The van der Waals surface area contributed by atoms with Gasteiger partial charge in [-0.3, -0.25) is 9.59 Å². The van der Waals surface area contributed by atoms with Gasteiger partial charge >= 0.3 is 11.9 Å². The Morgan fingerprint density at radius 2 is 2.00 bits per heavy atom. The first-order valence-electron chi connectivity index (χ1n) is 7.80. The highest BCUT2D eigenvalue weighted by Gasteiger charge is 2.60. The fourth-order valence-corrected chi connectivity index (χ4v) is 5.31. The number of sulfonamides is 1. The molecule has 2 heterocycles. The average molecular weight is 369 g/mol. The van der Waals surface area contributed by atoms with Gasteiger partial charge in [-0.2, -0.15) is 4.31 Å². The van der Waals surface area contributed by atoms with Crippen LogP contribution in [-0.4, -0.2) is 61.7 Å². The number of methoxy groups -OCH3 is 1. The van der Waals surface area contributed by atoms with E-state index in [1.165, 1.54) is 12.1 Å². The zero-order valence-electron chi connectivity index (χ0n) is 13.8. The summed E-state index contributed by atoms with van der Waals surface area (Å²) in [5.41, 5.74) is 0.885. The van der Waals surface area contributed by atoms with Gasteiger partial charge in [-0.25, -0.2) is 8.42 Å². The number of hydrogen-bond donors (Lipinski definition) is 1. The third-order valence-corrected chi connectivity index (χ3v) is 6.61. The van der Waals surface area contributed by atoms with Crippen LogP contribution in [0.15, 0.2) is 29.2 Å². The summed E-state index contributed by atoms with van der Waals surface area (Å²) in [7, 11) is -2.93. The molecule has 2 aliphatic heterocycles. The summed E-state index contributed by atoms with van der Waals surface area (Å²) >= 11 is 0. The molecule has 0 amide bonds. The van der Waals surface area contributed by atoms with Crippen LogP contribution in [0.4, 0.5) is 0 Å². The lowest BCUT2D eigenvalue weighted by Gasteiger charge is -2.29. The number of carbonyl (C=O) groups is 2. The summed E-state index contributed by atoms with van der Waals surface area (Å²) in [6, 6.07) is 4.11. The Balaban J connectivity index is 2.09. The molecule has 2 fully saturated rings. The molecule has 0 aromatic heterocycles. The van der Waals surface area contributed by atoms with Gasteiger partial charge in [0.1, 0.15) is 12.1 Å². The molecular formula is C16H19NO7S. The molecule has 0 saturated carbocycles. The Morgan fingerprint density at radius 3 is 2.56 bits per heavy atom. The second-order valence-electron chi connectivity index (χ2n) is 6.18. The predicted molar refractivity (Wildman–Crippen MR) is 84.9 cm³/mol. The van der Waals surface area contributed by atoms with Crippen molar-refractivity contribution in [3.05, 3.63) is 29.8 Å². The monoisotopic (exact) mass is 369 g/mol. The molecule has 136 valence electrons. The fraction of sp³-hybridized carbons (Fsp3) is 0.500. The van der Waals surface area contributed by atoms with Crippen molar-refractivity contribution in [1.29, 1.82) is 0 Å². The maximum atomic E-state index is 13.2. The lowest BCUT2D eigenvalue weighted by molar-refractivity contribution is -0.148. The van der Waals surface area contributed by atoms with Crippen LogP contribution in [-0.2, 0) is 29.1 Å². The summed E-state index contributed by atoms with van der Waals surface area (Å²) in [5, 5.41) is 9.49. The number of aryl methyl sites for hydroxylation is 1. The highest BCUT2D eigenvalue weighted by Crippen LogP contribution is 2.42. The normalized spacial score (nSPS) is 29.3. The third-order valence-electron chi connectivity index (χ3n) is 4.69. The van der Waals surface area contributed by atoms with Crippen molar-refractivity contribution in [3.8, 4) is 0 Å². The van der Waals surface area contributed by atoms with Crippen LogP contribution in [0, 0.1) is 12.8 Å². The minimum Gasteiger partial charge on any atom is -0.468 e. The molecule has 1 aromatic rings. The number of nitrogens with zero attached hydrogens (tertiary/aromatic N) is 1. The molecule has 0 bridgehead atoms. The second kappa shape index (κ2) is 6.40. The number of benzene rings is 1. The van der Waals surface area contributed by atoms with E-state index in [9.17, 15) is 23.1 Å². The molecule has 2 aliphatic rings. The smallest absolute Gasteiger partial charge is 0.324 e. The molecule has 2 saturated heterocycles. The molecule has 0 radical (unpaired) electrons. The molecule has 0 spiro atoms. The average Bonchev–Trinajstić information content (AvgIpc) is 3.13. The first-order chi connectivity index (χ1) is 11.8. The molecular weight excluding hydrogens is 350 g/mol. The zero-order valence-corrected chi connectivity index (χ0v) is 14.6. The number of aliphatic hydroxyl groups excluding tert-OH is 1. The van der Waals surface area contributed by atoms with Gasteiger partial charge in [0.25, 0.3) is 0 Å². The molecule has 3 rings (SSSR count). The van der Waals surface area contributed by atoms with Crippen LogP contribution in [0.2, 0.25) is 0 Å². The summed E-state index contributed by atoms with van der Waals surface area (Å²) < 4.78 is 37.1. The molecule has 1 aromatic carbocycles. The van der Waals surface area contributed by atoms with Crippen molar-refractivity contribution in [1.82, 2.24) is 4.31 Å². The SMILES string of the molecule is COC(=O)[C@@H]1C[C@@H]2C(=O)O[C@H](CO)[C@@H]2N1S(=O)(=O)c1ccc(C)cc1. The maximum Gasteiger partial charge on any atom is 0.324 e. The van der Waals surface area contributed by atoms with Gasteiger partial charge in [0, 0.05) is 0 Å². The van der Waals surface area contributed by atoms with Crippen molar-refractivity contribution in [2.75, 3.05) is 13.7 Å². The van der Waals surface area contributed by atoms with E-state index in [0.717, 1.165) is 17.0 Å². The Kier molecular flexibility index (Phi) is 4.56. The summed E-state index contributed by atoms with van der Waals surface area (Å²) in [6.45, 7) is 1.30. The van der Waals surface area contributed by atoms with Crippen LogP contribution in [0.1, 0.15) is 12.0 Å². The number of fused-ring (bicyclic) bond motifs is 1. The number of carbonyl (C=O) groups excluding carboxylic acids is 2. The Bertz CT molecular complexity index is 789. The van der Waals surface area contributed by atoms with E-state index in [0.29, 0.717) is 0 Å². The molecule has 1 N–H and O–H groups in total. The van der Waals surface area contributed by atoms with Crippen molar-refractivity contribution in [3.63, 3.8) is 0 Å². The number of ether oxygens (including phenoxy) is 2. The summed E-state index contributed by atoms with van der Waals surface area (Å²) in [6.07, 6.45) is -1.04. The van der Waals surface area contributed by atoms with Crippen LogP contribution in [0.3, 0.4) is 0 Å². The predicted octanol–water partition coefficient (Wildman–Crippen LogP) is -0.166. The molecule has 4 atom stereocenters. The van der Waals surface area contributed by atoms with Gasteiger partial charge in [-0.05, 0) is 25.5 Å². The minimum atomic E-state index is -4.09. The molecule has 8 nitrogen and oxygen atoms in total. The van der Waals surface area contributed by atoms with Gasteiger partial charge < -0.3 is 14.6 Å². The van der Waals surface area contributed by atoms with Crippen LogP contribution in [0.25, 0.3) is 0 Å². The van der Waals surface area contributed by atoms with Crippen molar-refractivity contribution < 1.29 is 32.6 Å². The lowest BCUT2D eigenvalue weighted by atomic mass is 9.99. The highest BCUT2D eigenvalue weighted by atomic mass is 32.2. The maximum absolute atomic E-state index is 13.2. The number of rotatable bonds is 4. The van der Waals surface area contributed by atoms with Crippen molar-refractivity contribution in [2.45, 2.75) is 36.4 Å². The van der Waals surface area contributed by atoms with Crippen LogP contribution >= 0.6 is 0 Å². The molecule has 0 aliphatic carbocycles. The third kappa shape index (κ3) is 2.82. The topological polar surface area (TPSA) is 110 Å². The van der Waals surface area contributed by atoms with Crippen LogP contribution in [0.5, 0.6) is 0 Å². The summed E-state index contributed by atoms with van der Waals surface area (Å²) in [4.78, 5) is 24.2. The summed E-state index contributed by atoms with van der Waals surface area (Å²) in [5.74, 6) is -2.16. The van der Waals surface area contributed by atoms with E-state index in [1.54, 1.807) is 12.1 Å². The minimum absolute atomic E-state index is 0.00342. The number of aliphatic hydroxyl groups is 1. The van der Waals surface area contributed by atoms with Gasteiger partial charge in [0.2, 0.25) is 10.0 Å². The number of hydrogen-bond acceptors (Lipinski definition) is 7. The van der Waals surface area contributed by atoms with Gasteiger partial charge in [-0.15, -0.1) is 0 Å². The lowest BCUT2D eigenvalue weighted by Crippen LogP contribution is -2.50. The largest absolute Gasteiger partial charge is 0.468 e. The highest BCUT2D eigenvalue weighted by molar-refractivity contribution is 7.89. The number of cyclic esters (lactones) is 1. The molecule has 25 heavy (non-hydrogen) atoms. The second-order valence-corrected chi connectivity index (χ2v) is 8.02. The van der Waals surface area contributed by atoms with E-state index >= 15 is 0 Å². The van der Waals surface area contributed by atoms with Gasteiger partial charge in [0.05, 0.1) is 30.6 Å². The molecule has 9 heteroatoms. The van der Waals surface area contributed by atoms with E-state index in [1.807, 2.05) is 6.92 Å². The standard InChI is InChI=1S/C16H19NO7S/c1-9-3-5-10(6-4-9)25(21,22)17-12(16(20)23-2)7-11-14(17)13(8-18)24-15(11)19/h3-6,11-14,18H,7-8H2,1-2H3/t11-,12-,13+,14+/m0/s1. The van der Waals surface area contributed by atoms with E-state index in [2.05, 4.69) is 0 Å². The van der Waals surface area contributed by atoms with Gasteiger partial charge in [-0.1, -0.05) is 17.7 Å². The van der Waals surface area contributed by atoms with Crippen molar-refractivity contribution >= 4 is 22.0 Å². The quantitative estimate of drug-likeness (QED) is 0.734. The number of esters is 2. The first kappa shape index (κ1) is 17.8. The van der Waals surface area contributed by atoms with E-state index < -0.39 is 52.7 Å². The van der Waals surface area contributed by atoms with Gasteiger partial charge in [0.15, 0.2) is 0 Å². The van der Waals surface area contributed by atoms with E-state index in [-0.39, 0.29) is 11.3 Å². The first-order valence-corrected chi connectivity index (χ1v) is 9.24. The Hall–Kier alpha value is -1.97. The Morgan fingerprint density at radius 1 is 1.36 bits per heavy atom.